The van der Waals surface area contributed by atoms with Crippen LogP contribution in [0.4, 0.5) is 0 Å². The molecule has 0 saturated carbocycles. The highest BCUT2D eigenvalue weighted by Crippen LogP contribution is 2.16. The lowest BCUT2D eigenvalue weighted by atomic mass is 10.1. The van der Waals surface area contributed by atoms with Gasteiger partial charge in [0.2, 0.25) is 0 Å². The van der Waals surface area contributed by atoms with E-state index in [9.17, 15) is 9.59 Å². The lowest BCUT2D eigenvalue weighted by Gasteiger charge is -2.16. The summed E-state index contributed by atoms with van der Waals surface area (Å²) in [4.78, 5) is 24.0. The summed E-state index contributed by atoms with van der Waals surface area (Å²) in [6, 6.07) is 15.4. The highest BCUT2D eigenvalue weighted by molar-refractivity contribution is 6.30. The molecule has 22 heavy (non-hydrogen) atoms. The Kier molecular flexibility index (Phi) is 5.52. The van der Waals surface area contributed by atoms with Gasteiger partial charge in [0, 0.05) is 17.7 Å². The van der Waals surface area contributed by atoms with E-state index >= 15 is 0 Å². The second kappa shape index (κ2) is 7.59. The minimum absolute atomic E-state index is 0.349. The Morgan fingerprint density at radius 3 is 2.41 bits per heavy atom. The van der Waals surface area contributed by atoms with Crippen molar-refractivity contribution >= 4 is 23.4 Å². The molecule has 0 heterocycles. The van der Waals surface area contributed by atoms with Crippen LogP contribution in [0.15, 0.2) is 54.6 Å². The summed E-state index contributed by atoms with van der Waals surface area (Å²) in [5.41, 5.74) is 5.72. The van der Waals surface area contributed by atoms with Gasteiger partial charge in [0.05, 0.1) is 0 Å². The largest absolute Gasteiger partial charge is 0.367 e. The predicted octanol–water partition coefficient (Wildman–Crippen LogP) is 2.49. The van der Waals surface area contributed by atoms with Crippen molar-refractivity contribution in [2.24, 2.45) is 0 Å². The van der Waals surface area contributed by atoms with Crippen LogP contribution in [0.1, 0.15) is 22.0 Å². The molecule has 2 rings (SSSR count). The van der Waals surface area contributed by atoms with Crippen LogP contribution in [0.5, 0.6) is 0 Å². The third-order valence-electron chi connectivity index (χ3n) is 2.96. The molecule has 0 aliphatic heterocycles. The van der Waals surface area contributed by atoms with Crippen LogP contribution in [0, 0.1) is 0 Å². The molecule has 0 aliphatic carbocycles. The van der Waals surface area contributed by atoms with Crippen LogP contribution in [0.25, 0.3) is 0 Å². The van der Waals surface area contributed by atoms with E-state index in [2.05, 4.69) is 10.9 Å². The Morgan fingerprint density at radius 1 is 1.05 bits per heavy atom. The topological polar surface area (TPSA) is 67.4 Å². The van der Waals surface area contributed by atoms with Crippen LogP contribution < -0.4 is 10.9 Å². The number of carbonyl (C=O) groups is 2. The minimum Gasteiger partial charge on any atom is -0.367 e. The lowest BCUT2D eigenvalue weighted by Crippen LogP contribution is -2.44. The molecule has 6 heteroatoms. The maximum atomic E-state index is 12.1. The monoisotopic (exact) mass is 318 g/mol. The predicted molar refractivity (Wildman–Crippen MR) is 83.3 cm³/mol. The zero-order chi connectivity index (χ0) is 15.9. The molecule has 0 radical (unpaired) electrons. The highest BCUT2D eigenvalue weighted by atomic mass is 35.5. The van der Waals surface area contributed by atoms with Crippen LogP contribution in [0.3, 0.4) is 0 Å². The number of hydrogen-bond acceptors (Lipinski definition) is 3. The molecule has 0 saturated heterocycles. The fourth-order valence-electron chi connectivity index (χ4n) is 1.91. The Labute approximate surface area is 133 Å². The maximum Gasteiger partial charge on any atom is 0.272 e. The van der Waals surface area contributed by atoms with Gasteiger partial charge >= 0.3 is 0 Å². The van der Waals surface area contributed by atoms with E-state index in [1.807, 2.05) is 6.07 Å². The van der Waals surface area contributed by atoms with Gasteiger partial charge in [-0.05, 0) is 23.8 Å². The van der Waals surface area contributed by atoms with E-state index in [4.69, 9.17) is 16.3 Å². The number of benzene rings is 2. The van der Waals surface area contributed by atoms with Gasteiger partial charge in [-0.2, -0.15) is 0 Å². The first-order valence-corrected chi connectivity index (χ1v) is 6.93. The van der Waals surface area contributed by atoms with Gasteiger partial charge in [0.1, 0.15) is 0 Å². The van der Waals surface area contributed by atoms with Crippen molar-refractivity contribution in [2.75, 3.05) is 7.11 Å². The molecule has 0 aromatic heterocycles. The van der Waals surface area contributed by atoms with Crippen molar-refractivity contribution < 1.29 is 14.3 Å². The molecule has 0 unspecified atom stereocenters. The molecule has 5 nitrogen and oxygen atoms in total. The number of hydrogen-bond donors (Lipinski definition) is 2. The summed E-state index contributed by atoms with van der Waals surface area (Å²) in [6.45, 7) is 0. The zero-order valence-electron chi connectivity index (χ0n) is 11.9. The van der Waals surface area contributed by atoms with Crippen LogP contribution in [-0.2, 0) is 9.53 Å². The fourth-order valence-corrected chi connectivity index (χ4v) is 2.10. The normalized spacial score (nSPS) is 11.5. The SMILES string of the molecule is CO[C@@H](C(=O)NNC(=O)c1cccc(Cl)c1)c1ccccc1. The molecule has 2 amide bonds. The number of halogens is 1. The van der Waals surface area contributed by atoms with Gasteiger partial charge in [0.15, 0.2) is 6.10 Å². The maximum absolute atomic E-state index is 12.1. The molecule has 0 fully saturated rings. The number of methoxy groups -OCH3 is 1. The average Bonchev–Trinajstić information content (AvgIpc) is 2.54. The first kappa shape index (κ1) is 16.0. The van der Waals surface area contributed by atoms with Crippen LogP contribution in [-0.4, -0.2) is 18.9 Å². The summed E-state index contributed by atoms with van der Waals surface area (Å²) in [7, 11) is 1.43. The lowest BCUT2D eigenvalue weighted by molar-refractivity contribution is -0.132. The number of carbonyl (C=O) groups excluding carboxylic acids is 2. The molecule has 0 bridgehead atoms. The Hall–Kier alpha value is -2.37. The quantitative estimate of drug-likeness (QED) is 0.851. The van der Waals surface area contributed by atoms with Gasteiger partial charge in [-0.15, -0.1) is 0 Å². The van der Waals surface area contributed by atoms with E-state index in [1.165, 1.54) is 13.2 Å². The van der Waals surface area contributed by atoms with Crippen molar-refractivity contribution in [3.8, 4) is 0 Å². The minimum atomic E-state index is -0.805. The summed E-state index contributed by atoms with van der Waals surface area (Å²) in [5.74, 6) is -0.928. The summed E-state index contributed by atoms with van der Waals surface area (Å²) < 4.78 is 5.17. The van der Waals surface area contributed by atoms with E-state index in [1.54, 1.807) is 42.5 Å². The second-order valence-corrected chi connectivity index (χ2v) is 4.92. The molecule has 0 aliphatic rings. The summed E-state index contributed by atoms with van der Waals surface area (Å²) >= 11 is 5.82. The third kappa shape index (κ3) is 4.07. The number of hydrazine groups is 1. The van der Waals surface area contributed by atoms with Crippen molar-refractivity contribution in [1.82, 2.24) is 10.9 Å². The Morgan fingerprint density at radius 2 is 1.77 bits per heavy atom. The van der Waals surface area contributed by atoms with Gasteiger partial charge < -0.3 is 4.74 Å². The number of amides is 2. The van der Waals surface area contributed by atoms with Crippen molar-refractivity contribution in [3.63, 3.8) is 0 Å². The molecule has 114 valence electrons. The van der Waals surface area contributed by atoms with Gasteiger partial charge in [-0.3, -0.25) is 20.4 Å². The Balaban J connectivity index is 1.98. The van der Waals surface area contributed by atoms with Gasteiger partial charge in [-0.1, -0.05) is 48.0 Å². The first-order valence-electron chi connectivity index (χ1n) is 6.55. The second-order valence-electron chi connectivity index (χ2n) is 4.48. The van der Waals surface area contributed by atoms with Crippen LogP contribution in [0.2, 0.25) is 5.02 Å². The van der Waals surface area contributed by atoms with Crippen molar-refractivity contribution in [3.05, 3.63) is 70.7 Å². The first-order chi connectivity index (χ1) is 10.6. The van der Waals surface area contributed by atoms with E-state index < -0.39 is 17.9 Å². The average molecular weight is 319 g/mol. The number of rotatable bonds is 4. The molecule has 2 aromatic carbocycles. The van der Waals surface area contributed by atoms with Crippen molar-refractivity contribution in [1.29, 1.82) is 0 Å². The third-order valence-corrected chi connectivity index (χ3v) is 3.20. The molecular formula is C16H15ClN2O3. The highest BCUT2D eigenvalue weighted by Gasteiger charge is 2.20. The standard InChI is InChI=1S/C16H15ClN2O3/c1-22-14(11-6-3-2-4-7-11)16(21)19-18-15(20)12-8-5-9-13(17)10-12/h2-10,14H,1H3,(H,18,20)(H,19,21)/t14-/m1/s1. The summed E-state index contributed by atoms with van der Waals surface area (Å²) in [6.07, 6.45) is -0.805. The molecule has 2 aromatic rings. The summed E-state index contributed by atoms with van der Waals surface area (Å²) in [5, 5.41) is 0.443. The Bertz CT molecular complexity index is 661. The smallest absolute Gasteiger partial charge is 0.272 e. The van der Waals surface area contributed by atoms with Gasteiger partial charge in [0.25, 0.3) is 11.8 Å². The van der Waals surface area contributed by atoms with Crippen LogP contribution >= 0.6 is 11.6 Å². The van der Waals surface area contributed by atoms with E-state index in [0.29, 0.717) is 16.1 Å². The van der Waals surface area contributed by atoms with Crippen molar-refractivity contribution in [2.45, 2.75) is 6.10 Å². The fraction of sp³-hybridized carbons (Fsp3) is 0.125. The van der Waals surface area contributed by atoms with Gasteiger partial charge in [-0.25, -0.2) is 0 Å². The van der Waals surface area contributed by atoms with E-state index in [-0.39, 0.29) is 0 Å². The zero-order valence-corrected chi connectivity index (χ0v) is 12.6. The molecule has 1 atom stereocenters. The molecular weight excluding hydrogens is 304 g/mol. The number of ether oxygens (including phenoxy) is 1. The number of nitrogens with one attached hydrogen (secondary N) is 2. The molecule has 0 spiro atoms. The van der Waals surface area contributed by atoms with E-state index in [0.717, 1.165) is 0 Å². The molecule has 2 N–H and O–H groups in total.